The van der Waals surface area contributed by atoms with Crippen LogP contribution in [0.25, 0.3) is 252 Å². The van der Waals surface area contributed by atoms with Gasteiger partial charge < -0.3 is 13.3 Å². The largest absolute Gasteiger partial charge is 0.456 e. The van der Waals surface area contributed by atoms with E-state index >= 15 is 0 Å². The predicted octanol–water partition coefficient (Wildman–Crippen LogP) is 31.6. The molecule has 0 radical (unpaired) electrons. The number of hydrogen-bond acceptors (Lipinski definition) is 3. The molecule has 0 spiro atoms. The summed E-state index contributed by atoms with van der Waals surface area (Å²) in [5, 5.41) is 25.4. The van der Waals surface area contributed by atoms with Gasteiger partial charge in [-0.1, -0.05) is 315 Å². The molecule has 3 heterocycles. The van der Waals surface area contributed by atoms with E-state index in [0.717, 1.165) is 159 Å². The van der Waals surface area contributed by atoms with E-state index in [0.29, 0.717) is 0 Å². The lowest BCUT2D eigenvalue weighted by Crippen LogP contribution is -1.93. The van der Waals surface area contributed by atoms with Crippen molar-refractivity contribution in [3.63, 3.8) is 0 Å². The standard InChI is InChI=1S/C110H64O3/c1-2-20-66(21-3-1)81-38-17-28-68-29-18-39-82(103(68)81)67-44-48-70(49-45-67)105-89-36-14-15-37-90(89)107(92-40-19-41-99-108(92)96-59-72-23-5-8-26-75(72)63-101(96)112-99)95-61-79(50-52-91(95)105)84-54-53-83(109-97-60-73-24-6-9-27-76(73)64-102(97)113-110(84)109)78-30-16-31-80(56-78)106-87-34-12-10-32-85(87)104(86-33-11-13-35-88(86)106)69-46-42-65(43-47-69)77-51-55-98-93(58-77)94-57-71-22-4-7-25-74(71)62-100(94)111-98/h1-64H. The number of hydrogen-bond donors (Lipinski definition) is 0. The van der Waals surface area contributed by atoms with Gasteiger partial charge in [-0.15, -0.1) is 0 Å². The maximum Gasteiger partial charge on any atom is 0.143 e. The number of fused-ring (bicyclic) bond motifs is 17. The summed E-state index contributed by atoms with van der Waals surface area (Å²) in [6, 6.07) is 143. The fraction of sp³-hybridized carbons (Fsp3) is 0. The maximum absolute atomic E-state index is 7.48. The van der Waals surface area contributed by atoms with Gasteiger partial charge >= 0.3 is 0 Å². The highest BCUT2D eigenvalue weighted by Gasteiger charge is 2.26. The quantitative estimate of drug-likeness (QED) is 0.135. The van der Waals surface area contributed by atoms with Crippen LogP contribution in [0.15, 0.2) is 401 Å². The Hall–Kier alpha value is -14.9. The van der Waals surface area contributed by atoms with Crippen LogP contribution < -0.4 is 0 Å². The van der Waals surface area contributed by atoms with Crippen LogP contribution in [0.3, 0.4) is 0 Å². The van der Waals surface area contributed by atoms with Crippen LogP contribution in [-0.4, -0.2) is 0 Å². The van der Waals surface area contributed by atoms with Gasteiger partial charge in [0.05, 0.1) is 0 Å². The summed E-state index contributed by atoms with van der Waals surface area (Å²) in [7, 11) is 0. The zero-order valence-corrected chi connectivity index (χ0v) is 61.2. The van der Waals surface area contributed by atoms with Crippen molar-refractivity contribution in [1.29, 1.82) is 0 Å². The van der Waals surface area contributed by atoms with Gasteiger partial charge in [0.25, 0.3) is 0 Å². The molecule has 0 aliphatic heterocycles. The van der Waals surface area contributed by atoms with Crippen molar-refractivity contribution < 1.29 is 13.3 Å². The third kappa shape index (κ3) is 9.88. The van der Waals surface area contributed by atoms with Crippen molar-refractivity contribution in [2.75, 3.05) is 0 Å². The monoisotopic (exact) mass is 1430 g/mol. The normalized spacial score (nSPS) is 12.1. The Bertz CT molecular complexity index is 8090. The summed E-state index contributed by atoms with van der Waals surface area (Å²) in [5.41, 5.74) is 25.9. The van der Waals surface area contributed by atoms with Crippen LogP contribution >= 0.6 is 0 Å². The minimum absolute atomic E-state index is 0.838. The molecule has 0 amide bonds. The highest BCUT2D eigenvalue weighted by Crippen LogP contribution is 2.53. The van der Waals surface area contributed by atoms with Crippen molar-refractivity contribution in [2.45, 2.75) is 0 Å². The number of furan rings is 3. The first kappa shape index (κ1) is 63.1. The summed E-state index contributed by atoms with van der Waals surface area (Å²) >= 11 is 0. The van der Waals surface area contributed by atoms with Crippen molar-refractivity contribution in [3.8, 4) is 100 Å². The molecule has 0 atom stereocenters. The van der Waals surface area contributed by atoms with Gasteiger partial charge in [-0.25, -0.2) is 0 Å². The first-order chi connectivity index (χ1) is 56.0. The molecule has 3 nitrogen and oxygen atoms in total. The lowest BCUT2D eigenvalue weighted by Gasteiger charge is -2.20. The lowest BCUT2D eigenvalue weighted by atomic mass is 9.83. The molecule has 113 heavy (non-hydrogen) atoms. The molecule has 0 fully saturated rings. The fourth-order valence-electron chi connectivity index (χ4n) is 19.0. The molecule has 0 aliphatic rings. The van der Waals surface area contributed by atoms with Crippen LogP contribution in [0.5, 0.6) is 0 Å². The summed E-state index contributed by atoms with van der Waals surface area (Å²) in [5.74, 6) is 0. The highest BCUT2D eigenvalue weighted by atomic mass is 16.3. The zero-order chi connectivity index (χ0) is 73.9. The maximum atomic E-state index is 7.48. The summed E-state index contributed by atoms with van der Waals surface area (Å²) in [4.78, 5) is 0. The Labute approximate surface area is 649 Å². The molecule has 24 rings (SSSR count). The third-order valence-corrected chi connectivity index (χ3v) is 24.2. The van der Waals surface area contributed by atoms with Gasteiger partial charge in [0.2, 0.25) is 0 Å². The summed E-state index contributed by atoms with van der Waals surface area (Å²) < 4.78 is 20.8. The molecule has 0 bridgehead atoms. The van der Waals surface area contributed by atoms with E-state index in [1.165, 1.54) is 92.8 Å². The molecular weight excluding hydrogens is 1370 g/mol. The Morgan fingerprint density at radius 3 is 1.12 bits per heavy atom. The minimum Gasteiger partial charge on any atom is -0.456 e. The first-order valence-corrected chi connectivity index (χ1v) is 38.9. The van der Waals surface area contributed by atoms with E-state index in [-0.39, 0.29) is 0 Å². The highest BCUT2D eigenvalue weighted by molar-refractivity contribution is 6.29. The first-order valence-electron chi connectivity index (χ1n) is 38.9. The molecule has 3 aromatic heterocycles. The van der Waals surface area contributed by atoms with E-state index in [1.54, 1.807) is 0 Å². The second kappa shape index (κ2) is 24.8. The molecule has 0 saturated heterocycles. The molecule has 21 aromatic carbocycles. The summed E-state index contributed by atoms with van der Waals surface area (Å²) in [6.07, 6.45) is 0. The van der Waals surface area contributed by atoms with Gasteiger partial charge in [-0.2, -0.15) is 0 Å². The average Bonchev–Trinajstić information content (AvgIpc) is 1.71. The van der Waals surface area contributed by atoms with Crippen LogP contribution in [0.4, 0.5) is 0 Å². The molecular formula is C110H64O3. The molecule has 0 saturated carbocycles. The van der Waals surface area contributed by atoms with Crippen molar-refractivity contribution >= 4 is 152 Å². The molecule has 522 valence electrons. The topological polar surface area (TPSA) is 39.4 Å². The lowest BCUT2D eigenvalue weighted by molar-refractivity contribution is 0.669. The van der Waals surface area contributed by atoms with Gasteiger partial charge in [0, 0.05) is 37.9 Å². The second-order valence-electron chi connectivity index (χ2n) is 30.4. The smallest absolute Gasteiger partial charge is 0.143 e. The Morgan fingerprint density at radius 2 is 0.504 bits per heavy atom. The molecule has 0 aliphatic carbocycles. The summed E-state index contributed by atoms with van der Waals surface area (Å²) in [6.45, 7) is 0. The minimum atomic E-state index is 0.838. The van der Waals surface area contributed by atoms with E-state index in [4.69, 9.17) is 13.3 Å². The molecule has 0 N–H and O–H groups in total. The van der Waals surface area contributed by atoms with Crippen LogP contribution in [0.2, 0.25) is 0 Å². The van der Waals surface area contributed by atoms with Gasteiger partial charge in [0.15, 0.2) is 0 Å². The van der Waals surface area contributed by atoms with Crippen LogP contribution in [0, 0.1) is 0 Å². The van der Waals surface area contributed by atoms with Crippen molar-refractivity contribution in [2.24, 2.45) is 0 Å². The number of benzene rings is 21. The predicted molar refractivity (Wildman–Crippen MR) is 477 cm³/mol. The Balaban J connectivity index is 0.677. The number of rotatable bonds is 9. The molecule has 24 aromatic rings. The van der Waals surface area contributed by atoms with E-state index < -0.39 is 0 Å². The van der Waals surface area contributed by atoms with Crippen LogP contribution in [0.1, 0.15) is 0 Å². The molecule has 0 unspecified atom stereocenters. The van der Waals surface area contributed by atoms with Crippen LogP contribution in [-0.2, 0) is 0 Å². The van der Waals surface area contributed by atoms with Gasteiger partial charge in [-0.05, 0) is 254 Å². The Kier molecular flexibility index (Phi) is 13.8. The van der Waals surface area contributed by atoms with E-state index in [2.05, 4.69) is 388 Å². The SMILES string of the molecule is c1ccc(-c2cccc3cccc(-c4ccc(-c5c6ccccc6c(-c6cccc7oc8cc9ccccc9cc8c67)c6cc(-c7ccc(-c8cccc(-c9c%10ccccc%10c(-c%10ccc(-c%11ccc%12oc%13cc%14ccccc%14cc%13c%12c%11)cc%10)c%10ccccc9%10)c8)c8c7oc7cc9ccccc9cc78)ccc56)cc4)c23)cc1. The Morgan fingerprint density at radius 1 is 0.133 bits per heavy atom. The van der Waals surface area contributed by atoms with Crippen molar-refractivity contribution in [1.82, 2.24) is 0 Å². The third-order valence-electron chi connectivity index (χ3n) is 24.2. The van der Waals surface area contributed by atoms with Gasteiger partial charge in [-0.3, -0.25) is 0 Å². The molecule has 3 heteroatoms. The van der Waals surface area contributed by atoms with E-state index in [9.17, 15) is 0 Å². The zero-order valence-electron chi connectivity index (χ0n) is 61.2. The van der Waals surface area contributed by atoms with Gasteiger partial charge in [0.1, 0.15) is 33.5 Å². The van der Waals surface area contributed by atoms with E-state index in [1.807, 2.05) is 0 Å². The fourth-order valence-corrected chi connectivity index (χ4v) is 19.0. The average molecular weight is 1430 g/mol. The second-order valence-corrected chi connectivity index (χ2v) is 30.4. The van der Waals surface area contributed by atoms with Crippen molar-refractivity contribution in [3.05, 3.63) is 388 Å².